The van der Waals surface area contributed by atoms with Crippen molar-refractivity contribution in [1.82, 2.24) is 5.32 Å². The first-order chi connectivity index (χ1) is 8.57. The van der Waals surface area contributed by atoms with Crippen LogP contribution in [0, 0.1) is 0 Å². The highest BCUT2D eigenvalue weighted by atomic mass is 19.3. The molecule has 0 saturated carbocycles. The van der Waals surface area contributed by atoms with Gasteiger partial charge in [0.05, 0.1) is 5.60 Å². The Bertz CT molecular complexity index is 420. The summed E-state index contributed by atoms with van der Waals surface area (Å²) in [5.41, 5.74) is -0.0675. The van der Waals surface area contributed by atoms with Crippen molar-refractivity contribution < 1.29 is 13.9 Å². The van der Waals surface area contributed by atoms with Gasteiger partial charge in [-0.1, -0.05) is 24.3 Å². The molecule has 2 fully saturated rings. The lowest BCUT2D eigenvalue weighted by Gasteiger charge is -2.37. The number of piperidine rings is 1. The molecule has 0 aromatic heterocycles. The van der Waals surface area contributed by atoms with E-state index in [0.29, 0.717) is 24.9 Å². The van der Waals surface area contributed by atoms with Gasteiger partial charge in [0.1, 0.15) is 0 Å². The van der Waals surface area contributed by atoms with Crippen molar-refractivity contribution in [3.8, 4) is 0 Å². The fourth-order valence-corrected chi connectivity index (χ4v) is 3.30. The molecule has 4 heteroatoms. The fourth-order valence-electron chi connectivity index (χ4n) is 3.30. The highest BCUT2D eigenvalue weighted by Crippen LogP contribution is 2.40. The van der Waals surface area contributed by atoms with Crippen molar-refractivity contribution in [2.24, 2.45) is 0 Å². The average molecular weight is 253 g/mol. The quantitative estimate of drug-likeness (QED) is 0.849. The molecular formula is C14H17F2NO. The van der Waals surface area contributed by atoms with Crippen LogP contribution in [0.2, 0.25) is 0 Å². The zero-order valence-electron chi connectivity index (χ0n) is 10.1. The molecule has 0 radical (unpaired) electrons. The van der Waals surface area contributed by atoms with Crippen LogP contribution in [-0.2, 0) is 5.60 Å². The predicted molar refractivity (Wildman–Crippen MR) is 64.5 cm³/mol. The summed E-state index contributed by atoms with van der Waals surface area (Å²) in [6, 6.07) is 6.86. The molecule has 0 aliphatic carbocycles. The third-order valence-electron chi connectivity index (χ3n) is 4.20. The Balaban J connectivity index is 1.85. The molecule has 2 heterocycles. The summed E-state index contributed by atoms with van der Waals surface area (Å²) in [5, 5.41) is 14.2. The lowest BCUT2D eigenvalue weighted by atomic mass is 9.81. The van der Waals surface area contributed by atoms with Gasteiger partial charge < -0.3 is 10.4 Å². The van der Waals surface area contributed by atoms with Crippen LogP contribution in [0.1, 0.15) is 43.2 Å². The lowest BCUT2D eigenvalue weighted by Crippen LogP contribution is -2.46. The third-order valence-corrected chi connectivity index (χ3v) is 4.20. The minimum absolute atomic E-state index is 0.0132. The van der Waals surface area contributed by atoms with Gasteiger partial charge in [-0.3, -0.25) is 0 Å². The summed E-state index contributed by atoms with van der Waals surface area (Å²) in [6.07, 6.45) is 1.11. The maximum absolute atomic E-state index is 12.5. The van der Waals surface area contributed by atoms with Crippen LogP contribution in [-0.4, -0.2) is 17.2 Å². The lowest BCUT2D eigenvalue weighted by molar-refractivity contribution is -0.0115. The van der Waals surface area contributed by atoms with Crippen LogP contribution in [0.3, 0.4) is 0 Å². The molecule has 2 atom stereocenters. The summed E-state index contributed by atoms with van der Waals surface area (Å²) < 4.78 is 25.0. The molecule has 2 saturated heterocycles. The number of halogens is 2. The largest absolute Gasteiger partial charge is 0.385 e. The maximum Gasteiger partial charge on any atom is 0.263 e. The highest BCUT2D eigenvalue weighted by Gasteiger charge is 2.43. The van der Waals surface area contributed by atoms with Gasteiger partial charge in [-0.25, -0.2) is 8.78 Å². The standard InChI is InChI=1S/C14H17F2NO/c15-13(16)9-1-3-10(4-2-9)14(18)7-11-5-6-12(8-14)17-11/h1-4,11-13,17-18H,5-8H2. The molecular weight excluding hydrogens is 236 g/mol. The summed E-state index contributed by atoms with van der Waals surface area (Å²) in [5.74, 6) is 0. The van der Waals surface area contributed by atoms with Crippen molar-refractivity contribution >= 4 is 0 Å². The van der Waals surface area contributed by atoms with E-state index in [0.717, 1.165) is 18.4 Å². The van der Waals surface area contributed by atoms with Crippen LogP contribution in [0.5, 0.6) is 0 Å². The van der Waals surface area contributed by atoms with E-state index >= 15 is 0 Å². The van der Waals surface area contributed by atoms with E-state index in [4.69, 9.17) is 0 Å². The zero-order chi connectivity index (χ0) is 12.8. The average Bonchev–Trinajstić information content (AvgIpc) is 2.69. The number of rotatable bonds is 2. The van der Waals surface area contributed by atoms with E-state index in [9.17, 15) is 13.9 Å². The van der Waals surface area contributed by atoms with Crippen LogP contribution in [0.25, 0.3) is 0 Å². The molecule has 18 heavy (non-hydrogen) atoms. The summed E-state index contributed by atoms with van der Waals surface area (Å²) >= 11 is 0. The monoisotopic (exact) mass is 253 g/mol. The summed E-state index contributed by atoms with van der Waals surface area (Å²) in [4.78, 5) is 0. The molecule has 2 bridgehead atoms. The Labute approximate surface area is 105 Å². The SMILES string of the molecule is OC1(c2ccc(C(F)F)cc2)CC2CCC(C1)N2. The maximum atomic E-state index is 12.5. The second-order valence-electron chi connectivity index (χ2n) is 5.50. The van der Waals surface area contributed by atoms with Crippen molar-refractivity contribution in [1.29, 1.82) is 0 Å². The summed E-state index contributed by atoms with van der Waals surface area (Å²) in [6.45, 7) is 0. The smallest absolute Gasteiger partial charge is 0.263 e. The second-order valence-corrected chi connectivity index (χ2v) is 5.50. The van der Waals surface area contributed by atoms with Crippen molar-refractivity contribution in [2.75, 3.05) is 0 Å². The number of alkyl halides is 2. The van der Waals surface area contributed by atoms with Crippen LogP contribution in [0.4, 0.5) is 8.78 Å². The minimum Gasteiger partial charge on any atom is -0.385 e. The highest BCUT2D eigenvalue weighted by molar-refractivity contribution is 5.29. The topological polar surface area (TPSA) is 32.3 Å². The van der Waals surface area contributed by atoms with E-state index in [1.54, 1.807) is 12.1 Å². The van der Waals surface area contributed by atoms with Gasteiger partial charge in [-0.05, 0) is 31.2 Å². The Kier molecular flexibility index (Phi) is 2.87. The predicted octanol–water partition coefficient (Wildman–Crippen LogP) is 2.73. The number of benzene rings is 1. The second kappa shape index (κ2) is 4.28. The zero-order valence-corrected chi connectivity index (χ0v) is 10.1. The van der Waals surface area contributed by atoms with Gasteiger partial charge >= 0.3 is 0 Å². The van der Waals surface area contributed by atoms with Gasteiger partial charge in [0.15, 0.2) is 0 Å². The molecule has 1 aromatic rings. The number of hydrogen-bond donors (Lipinski definition) is 2. The molecule has 3 rings (SSSR count). The molecule has 0 spiro atoms. The van der Waals surface area contributed by atoms with Gasteiger partial charge in [0, 0.05) is 17.6 Å². The molecule has 2 N–H and O–H groups in total. The van der Waals surface area contributed by atoms with Crippen molar-refractivity contribution in [3.63, 3.8) is 0 Å². The molecule has 98 valence electrons. The molecule has 0 amide bonds. The minimum atomic E-state index is -2.45. The summed E-state index contributed by atoms with van der Waals surface area (Å²) in [7, 11) is 0. The Morgan fingerprint density at radius 3 is 2.17 bits per heavy atom. The number of nitrogens with one attached hydrogen (secondary N) is 1. The number of aliphatic hydroxyl groups is 1. The molecule has 1 aromatic carbocycles. The van der Waals surface area contributed by atoms with Crippen LogP contribution in [0.15, 0.2) is 24.3 Å². The van der Waals surface area contributed by atoms with Gasteiger partial charge in [-0.15, -0.1) is 0 Å². The van der Waals surface area contributed by atoms with E-state index in [2.05, 4.69) is 5.32 Å². The Morgan fingerprint density at radius 2 is 1.67 bits per heavy atom. The van der Waals surface area contributed by atoms with E-state index in [1.165, 1.54) is 12.1 Å². The van der Waals surface area contributed by atoms with Gasteiger partial charge in [0.2, 0.25) is 0 Å². The molecule has 2 aliphatic rings. The first-order valence-corrected chi connectivity index (χ1v) is 6.44. The van der Waals surface area contributed by atoms with Crippen molar-refractivity contribution in [3.05, 3.63) is 35.4 Å². The van der Waals surface area contributed by atoms with Gasteiger partial charge in [0.25, 0.3) is 6.43 Å². The van der Waals surface area contributed by atoms with E-state index in [-0.39, 0.29) is 5.56 Å². The van der Waals surface area contributed by atoms with Crippen LogP contribution < -0.4 is 5.32 Å². The Morgan fingerprint density at radius 1 is 1.11 bits per heavy atom. The first kappa shape index (κ1) is 12.1. The van der Waals surface area contributed by atoms with E-state index < -0.39 is 12.0 Å². The first-order valence-electron chi connectivity index (χ1n) is 6.44. The molecule has 2 aliphatic heterocycles. The van der Waals surface area contributed by atoms with Crippen LogP contribution >= 0.6 is 0 Å². The molecule has 2 nitrogen and oxygen atoms in total. The number of fused-ring (bicyclic) bond motifs is 2. The Hall–Kier alpha value is -1.00. The normalized spacial score (nSPS) is 35.1. The number of hydrogen-bond acceptors (Lipinski definition) is 2. The van der Waals surface area contributed by atoms with Gasteiger partial charge in [-0.2, -0.15) is 0 Å². The fraction of sp³-hybridized carbons (Fsp3) is 0.571. The third kappa shape index (κ3) is 2.04. The molecule has 2 unspecified atom stereocenters. The van der Waals surface area contributed by atoms with Crippen molar-refractivity contribution in [2.45, 2.75) is 49.8 Å². The van der Waals surface area contributed by atoms with E-state index in [1.807, 2.05) is 0 Å².